The number of anilines is 1. The molecule has 1 aliphatic rings. The Morgan fingerprint density at radius 3 is 2.60 bits per heavy atom. The van der Waals surface area contributed by atoms with Crippen LogP contribution in [0.15, 0.2) is 18.2 Å². The number of benzene rings is 1. The summed E-state index contributed by atoms with van der Waals surface area (Å²) in [5, 5.41) is 3.53. The average Bonchev–Trinajstić information content (AvgIpc) is 3.06. The lowest BCUT2D eigenvalue weighted by atomic mass is 10.1. The van der Waals surface area contributed by atoms with Gasteiger partial charge in [-0.05, 0) is 60.9 Å². The number of rotatable bonds is 7. The first-order valence-electron chi connectivity index (χ1n) is 7.98. The van der Waals surface area contributed by atoms with E-state index in [1.165, 1.54) is 29.8 Å². The molecule has 0 bridgehead atoms. The summed E-state index contributed by atoms with van der Waals surface area (Å²) in [5.41, 5.74) is 4.17. The van der Waals surface area contributed by atoms with Gasteiger partial charge in [-0.2, -0.15) is 0 Å². The van der Waals surface area contributed by atoms with Gasteiger partial charge in [0.25, 0.3) is 0 Å². The highest BCUT2D eigenvalue weighted by molar-refractivity contribution is 5.50. The molecule has 1 N–H and O–H groups in total. The lowest BCUT2D eigenvalue weighted by Gasteiger charge is -2.21. The predicted molar refractivity (Wildman–Crippen MR) is 88.3 cm³/mol. The van der Waals surface area contributed by atoms with E-state index >= 15 is 0 Å². The van der Waals surface area contributed by atoms with E-state index in [0.717, 1.165) is 24.9 Å². The molecule has 1 fully saturated rings. The molecular weight excluding hydrogens is 244 g/mol. The summed E-state index contributed by atoms with van der Waals surface area (Å²) < 4.78 is 0. The van der Waals surface area contributed by atoms with Crippen LogP contribution >= 0.6 is 0 Å². The van der Waals surface area contributed by atoms with Crippen molar-refractivity contribution >= 4 is 5.69 Å². The highest BCUT2D eigenvalue weighted by Crippen LogP contribution is 2.38. The van der Waals surface area contributed by atoms with Crippen LogP contribution in [0.1, 0.15) is 38.3 Å². The third-order valence-corrected chi connectivity index (χ3v) is 4.42. The Balaban J connectivity index is 1.90. The summed E-state index contributed by atoms with van der Waals surface area (Å²) in [7, 11) is 2.22. The molecule has 2 rings (SSSR count). The summed E-state index contributed by atoms with van der Waals surface area (Å²) >= 11 is 0. The van der Waals surface area contributed by atoms with Crippen LogP contribution in [-0.4, -0.2) is 20.1 Å². The van der Waals surface area contributed by atoms with Gasteiger partial charge in [0.15, 0.2) is 0 Å². The van der Waals surface area contributed by atoms with Gasteiger partial charge < -0.3 is 10.2 Å². The Morgan fingerprint density at radius 2 is 2.05 bits per heavy atom. The molecular formula is C18H30N2. The molecule has 112 valence electrons. The molecule has 0 aromatic heterocycles. The molecule has 2 nitrogen and oxygen atoms in total. The van der Waals surface area contributed by atoms with E-state index in [0.29, 0.717) is 5.92 Å². The Kier molecular flexibility index (Phi) is 5.09. The van der Waals surface area contributed by atoms with Crippen molar-refractivity contribution in [3.63, 3.8) is 0 Å². The number of hydrogen-bond acceptors (Lipinski definition) is 2. The lowest BCUT2D eigenvalue weighted by molar-refractivity contribution is 0.551. The Hall–Kier alpha value is -1.02. The van der Waals surface area contributed by atoms with Gasteiger partial charge in [-0.3, -0.25) is 0 Å². The second-order valence-electron chi connectivity index (χ2n) is 6.99. The third-order valence-electron chi connectivity index (χ3n) is 4.42. The molecule has 0 saturated heterocycles. The molecule has 1 saturated carbocycles. The number of aryl methyl sites for hydroxylation is 1. The second-order valence-corrected chi connectivity index (χ2v) is 6.99. The lowest BCUT2D eigenvalue weighted by Crippen LogP contribution is -2.21. The molecule has 2 atom stereocenters. The molecule has 0 amide bonds. The zero-order chi connectivity index (χ0) is 14.7. The molecule has 0 spiro atoms. The summed E-state index contributed by atoms with van der Waals surface area (Å²) in [4.78, 5) is 2.41. The molecule has 1 aromatic carbocycles. The highest BCUT2D eigenvalue weighted by atomic mass is 15.1. The van der Waals surface area contributed by atoms with Crippen molar-refractivity contribution in [2.45, 2.75) is 40.7 Å². The van der Waals surface area contributed by atoms with Crippen LogP contribution in [0.4, 0.5) is 5.69 Å². The smallest absolute Gasteiger partial charge is 0.0366 e. The zero-order valence-electron chi connectivity index (χ0n) is 13.7. The van der Waals surface area contributed by atoms with Crippen molar-refractivity contribution in [3.05, 3.63) is 29.3 Å². The molecule has 20 heavy (non-hydrogen) atoms. The van der Waals surface area contributed by atoms with Gasteiger partial charge in [0, 0.05) is 25.8 Å². The summed E-state index contributed by atoms with van der Waals surface area (Å²) in [6.07, 6.45) is 1.40. The Morgan fingerprint density at radius 1 is 1.35 bits per heavy atom. The molecule has 0 heterocycles. The van der Waals surface area contributed by atoms with Crippen molar-refractivity contribution < 1.29 is 0 Å². The fourth-order valence-electron chi connectivity index (χ4n) is 2.72. The maximum Gasteiger partial charge on any atom is 0.0366 e. The van der Waals surface area contributed by atoms with Crippen LogP contribution in [0.25, 0.3) is 0 Å². The first-order chi connectivity index (χ1) is 9.47. The van der Waals surface area contributed by atoms with Crippen LogP contribution in [0.2, 0.25) is 0 Å². The molecule has 0 aliphatic heterocycles. The van der Waals surface area contributed by atoms with E-state index in [9.17, 15) is 0 Å². The monoisotopic (exact) mass is 274 g/mol. The fourth-order valence-corrected chi connectivity index (χ4v) is 2.72. The van der Waals surface area contributed by atoms with Crippen molar-refractivity contribution in [3.8, 4) is 0 Å². The Bertz CT molecular complexity index is 439. The average molecular weight is 274 g/mol. The van der Waals surface area contributed by atoms with Gasteiger partial charge in [0.2, 0.25) is 0 Å². The predicted octanol–water partition coefficient (Wildman–Crippen LogP) is 3.83. The molecule has 1 aliphatic carbocycles. The summed E-state index contributed by atoms with van der Waals surface area (Å²) in [5.74, 6) is 2.55. The topological polar surface area (TPSA) is 15.3 Å². The van der Waals surface area contributed by atoms with E-state index in [1.807, 2.05) is 0 Å². The fraction of sp³-hybridized carbons (Fsp3) is 0.667. The van der Waals surface area contributed by atoms with Crippen molar-refractivity contribution in [1.29, 1.82) is 0 Å². The van der Waals surface area contributed by atoms with Gasteiger partial charge in [0.1, 0.15) is 0 Å². The first kappa shape index (κ1) is 15.4. The van der Waals surface area contributed by atoms with Gasteiger partial charge in [-0.1, -0.05) is 26.8 Å². The maximum atomic E-state index is 3.53. The number of nitrogens with one attached hydrogen (secondary N) is 1. The normalized spacial score (nSPS) is 21.3. The van der Waals surface area contributed by atoms with Crippen LogP contribution in [0, 0.1) is 24.7 Å². The van der Waals surface area contributed by atoms with Crippen LogP contribution in [-0.2, 0) is 6.54 Å². The minimum atomic E-state index is 0.709. The van der Waals surface area contributed by atoms with E-state index in [1.54, 1.807) is 0 Å². The Labute approximate surface area is 124 Å². The van der Waals surface area contributed by atoms with Crippen LogP contribution in [0.3, 0.4) is 0 Å². The third kappa shape index (κ3) is 4.24. The van der Waals surface area contributed by atoms with E-state index < -0.39 is 0 Å². The number of nitrogens with zero attached hydrogens (tertiary/aromatic N) is 1. The molecule has 1 aromatic rings. The minimum absolute atomic E-state index is 0.709. The molecule has 2 unspecified atom stereocenters. The van der Waals surface area contributed by atoms with Crippen molar-refractivity contribution in [1.82, 2.24) is 5.32 Å². The first-order valence-corrected chi connectivity index (χ1v) is 7.98. The van der Waals surface area contributed by atoms with E-state index in [2.05, 4.69) is 63.2 Å². The largest absolute Gasteiger partial charge is 0.374 e. The summed E-state index contributed by atoms with van der Waals surface area (Å²) in [6.45, 7) is 12.3. The quantitative estimate of drug-likeness (QED) is 0.813. The SMILES string of the molecule is Cc1cc(N(C)CC2CC2C)ccc1CNCC(C)C. The van der Waals surface area contributed by atoms with Gasteiger partial charge in [0.05, 0.1) is 0 Å². The van der Waals surface area contributed by atoms with Crippen LogP contribution < -0.4 is 10.2 Å². The van der Waals surface area contributed by atoms with Gasteiger partial charge in [-0.15, -0.1) is 0 Å². The van der Waals surface area contributed by atoms with Crippen LogP contribution in [0.5, 0.6) is 0 Å². The minimum Gasteiger partial charge on any atom is -0.374 e. The molecule has 0 radical (unpaired) electrons. The van der Waals surface area contributed by atoms with Crippen molar-refractivity contribution in [2.24, 2.45) is 17.8 Å². The van der Waals surface area contributed by atoms with E-state index in [4.69, 9.17) is 0 Å². The van der Waals surface area contributed by atoms with Gasteiger partial charge in [-0.25, -0.2) is 0 Å². The second kappa shape index (κ2) is 6.62. The standard InChI is InChI=1S/C18H30N2/c1-13(2)10-19-11-16-6-7-18(9-15(16)4)20(5)12-17-8-14(17)3/h6-7,9,13-14,17,19H,8,10-12H2,1-5H3. The maximum absolute atomic E-state index is 3.53. The highest BCUT2D eigenvalue weighted by Gasteiger charge is 2.33. The van der Waals surface area contributed by atoms with E-state index in [-0.39, 0.29) is 0 Å². The number of hydrogen-bond donors (Lipinski definition) is 1. The van der Waals surface area contributed by atoms with Crippen molar-refractivity contribution in [2.75, 3.05) is 25.0 Å². The zero-order valence-corrected chi connectivity index (χ0v) is 13.7. The summed E-state index contributed by atoms with van der Waals surface area (Å²) in [6, 6.07) is 6.89. The van der Waals surface area contributed by atoms with Gasteiger partial charge >= 0.3 is 0 Å². The molecule has 2 heteroatoms.